The van der Waals surface area contributed by atoms with Gasteiger partial charge >= 0.3 is 0 Å². The summed E-state index contributed by atoms with van der Waals surface area (Å²) >= 11 is 12.0. The second kappa shape index (κ2) is 5.91. The van der Waals surface area contributed by atoms with Gasteiger partial charge in [0.15, 0.2) is 0 Å². The normalized spacial score (nSPS) is 19.1. The fourth-order valence-corrected chi connectivity index (χ4v) is 2.92. The van der Waals surface area contributed by atoms with Gasteiger partial charge in [-0.3, -0.25) is 4.90 Å². The Morgan fingerprint density at radius 2 is 2.05 bits per heavy atom. The maximum atomic E-state index is 6.13. The first-order valence-electron chi connectivity index (χ1n) is 6.92. The molecule has 0 amide bonds. The summed E-state index contributed by atoms with van der Waals surface area (Å²) in [6.07, 6.45) is 0.877. The van der Waals surface area contributed by atoms with Crippen molar-refractivity contribution < 1.29 is 9.15 Å². The van der Waals surface area contributed by atoms with Gasteiger partial charge in [-0.1, -0.05) is 23.2 Å². The fourth-order valence-electron chi connectivity index (χ4n) is 2.63. The van der Waals surface area contributed by atoms with E-state index in [1.807, 2.05) is 13.0 Å². The number of furan rings is 1. The van der Waals surface area contributed by atoms with Crippen LogP contribution in [0.1, 0.15) is 29.6 Å². The third-order valence-electron chi connectivity index (χ3n) is 3.67. The molecule has 2 heterocycles. The first-order valence-corrected chi connectivity index (χ1v) is 7.68. The summed E-state index contributed by atoms with van der Waals surface area (Å²) in [7, 11) is 2.09. The van der Waals surface area contributed by atoms with Crippen LogP contribution in [-0.2, 0) is 6.54 Å². The number of halogens is 2. The fraction of sp³-hybridized carbons (Fsp3) is 0.375. The standard InChI is InChI=1S/C16H17Cl2NO2/c1-10-7-12-15(5-6-19(2)9-16(12)20-10)21-11-3-4-13(17)14(18)8-11/h3-4,7-8,15H,5-6,9H2,1-2H3. The van der Waals surface area contributed by atoms with Crippen molar-refractivity contribution in [1.29, 1.82) is 0 Å². The van der Waals surface area contributed by atoms with Crippen LogP contribution in [0.4, 0.5) is 0 Å². The van der Waals surface area contributed by atoms with Gasteiger partial charge in [-0.15, -0.1) is 0 Å². The number of ether oxygens (including phenoxy) is 1. The summed E-state index contributed by atoms with van der Waals surface area (Å²) < 4.78 is 11.9. The zero-order chi connectivity index (χ0) is 15.0. The Balaban J connectivity index is 1.88. The molecular formula is C16H17Cl2NO2. The van der Waals surface area contributed by atoms with E-state index in [0.29, 0.717) is 10.0 Å². The zero-order valence-electron chi connectivity index (χ0n) is 12.0. The molecular weight excluding hydrogens is 309 g/mol. The summed E-state index contributed by atoms with van der Waals surface area (Å²) in [6, 6.07) is 7.42. The zero-order valence-corrected chi connectivity index (χ0v) is 13.5. The lowest BCUT2D eigenvalue weighted by Gasteiger charge is -2.18. The van der Waals surface area contributed by atoms with E-state index in [4.69, 9.17) is 32.4 Å². The molecule has 3 rings (SSSR count). The first-order chi connectivity index (χ1) is 10.0. The number of nitrogens with zero attached hydrogens (tertiary/aromatic N) is 1. The quantitative estimate of drug-likeness (QED) is 0.789. The second-order valence-corrected chi connectivity index (χ2v) is 6.26. The maximum Gasteiger partial charge on any atom is 0.128 e. The lowest BCUT2D eigenvalue weighted by atomic mass is 10.1. The number of hydrogen-bond donors (Lipinski definition) is 0. The highest BCUT2D eigenvalue weighted by atomic mass is 35.5. The summed E-state index contributed by atoms with van der Waals surface area (Å²) in [5.74, 6) is 2.62. The molecule has 2 aromatic rings. The Morgan fingerprint density at radius 3 is 2.81 bits per heavy atom. The molecule has 1 aliphatic heterocycles. The molecule has 1 unspecified atom stereocenters. The van der Waals surface area contributed by atoms with Crippen LogP contribution in [0.15, 0.2) is 28.7 Å². The summed E-state index contributed by atoms with van der Waals surface area (Å²) in [4.78, 5) is 2.24. The minimum atomic E-state index is -0.0281. The lowest BCUT2D eigenvalue weighted by molar-refractivity contribution is 0.182. The van der Waals surface area contributed by atoms with Gasteiger partial charge in [-0.2, -0.15) is 0 Å². The van der Waals surface area contributed by atoms with E-state index >= 15 is 0 Å². The third-order valence-corrected chi connectivity index (χ3v) is 4.41. The van der Waals surface area contributed by atoms with Crippen LogP contribution in [0, 0.1) is 6.92 Å². The third kappa shape index (κ3) is 3.20. The van der Waals surface area contributed by atoms with E-state index in [9.17, 15) is 0 Å². The van der Waals surface area contributed by atoms with E-state index < -0.39 is 0 Å². The van der Waals surface area contributed by atoms with E-state index in [0.717, 1.165) is 42.3 Å². The predicted octanol–water partition coefficient (Wildman–Crippen LogP) is 4.85. The van der Waals surface area contributed by atoms with Crippen molar-refractivity contribution in [3.63, 3.8) is 0 Å². The molecule has 0 saturated carbocycles. The van der Waals surface area contributed by atoms with Crippen LogP contribution < -0.4 is 4.74 Å². The topological polar surface area (TPSA) is 25.6 Å². The van der Waals surface area contributed by atoms with Gasteiger partial charge in [0.05, 0.1) is 16.6 Å². The Morgan fingerprint density at radius 1 is 1.24 bits per heavy atom. The van der Waals surface area contributed by atoms with Gasteiger partial charge in [0.1, 0.15) is 23.4 Å². The molecule has 5 heteroatoms. The van der Waals surface area contributed by atoms with Crippen LogP contribution in [0.3, 0.4) is 0 Å². The molecule has 0 fully saturated rings. The van der Waals surface area contributed by atoms with Crippen molar-refractivity contribution in [2.24, 2.45) is 0 Å². The van der Waals surface area contributed by atoms with Gasteiger partial charge in [0.2, 0.25) is 0 Å². The molecule has 21 heavy (non-hydrogen) atoms. The number of aryl methyl sites for hydroxylation is 1. The van der Waals surface area contributed by atoms with E-state index in [-0.39, 0.29) is 6.10 Å². The van der Waals surface area contributed by atoms with E-state index in [1.165, 1.54) is 0 Å². The van der Waals surface area contributed by atoms with Gasteiger partial charge in [0, 0.05) is 24.6 Å². The minimum absolute atomic E-state index is 0.0281. The smallest absolute Gasteiger partial charge is 0.128 e. The minimum Gasteiger partial charge on any atom is -0.486 e. The lowest BCUT2D eigenvalue weighted by Crippen LogP contribution is -2.18. The first kappa shape index (κ1) is 14.8. The molecule has 112 valence electrons. The molecule has 3 nitrogen and oxygen atoms in total. The van der Waals surface area contributed by atoms with E-state index in [2.05, 4.69) is 18.0 Å². The van der Waals surface area contributed by atoms with Gasteiger partial charge < -0.3 is 9.15 Å². The van der Waals surface area contributed by atoms with Crippen molar-refractivity contribution >= 4 is 23.2 Å². The molecule has 1 aromatic carbocycles. The predicted molar refractivity (Wildman–Crippen MR) is 84.2 cm³/mol. The number of hydrogen-bond acceptors (Lipinski definition) is 3. The highest BCUT2D eigenvalue weighted by molar-refractivity contribution is 6.42. The van der Waals surface area contributed by atoms with Crippen molar-refractivity contribution in [3.8, 4) is 5.75 Å². The summed E-state index contributed by atoms with van der Waals surface area (Å²) in [6.45, 7) is 3.73. The largest absolute Gasteiger partial charge is 0.486 e. The van der Waals surface area contributed by atoms with Crippen LogP contribution in [0.2, 0.25) is 10.0 Å². The maximum absolute atomic E-state index is 6.13. The van der Waals surface area contributed by atoms with Crippen molar-refractivity contribution in [3.05, 3.63) is 51.4 Å². The van der Waals surface area contributed by atoms with Gasteiger partial charge in [-0.05, 0) is 32.2 Å². The summed E-state index contributed by atoms with van der Waals surface area (Å²) in [5.41, 5.74) is 1.13. The molecule has 0 saturated heterocycles. The van der Waals surface area contributed by atoms with Crippen LogP contribution in [0.5, 0.6) is 5.75 Å². The van der Waals surface area contributed by atoms with Crippen LogP contribution >= 0.6 is 23.2 Å². The van der Waals surface area contributed by atoms with E-state index in [1.54, 1.807) is 12.1 Å². The van der Waals surface area contributed by atoms with Gasteiger partial charge in [0.25, 0.3) is 0 Å². The Labute approximate surface area is 134 Å². The second-order valence-electron chi connectivity index (χ2n) is 5.44. The molecule has 0 spiro atoms. The molecule has 0 aliphatic carbocycles. The SMILES string of the molecule is Cc1cc2c(o1)CN(C)CCC2Oc1ccc(Cl)c(Cl)c1. The molecule has 0 N–H and O–H groups in total. The molecule has 1 aliphatic rings. The number of benzene rings is 1. The highest BCUT2D eigenvalue weighted by Gasteiger charge is 2.25. The van der Waals surface area contributed by atoms with Crippen molar-refractivity contribution in [2.75, 3.05) is 13.6 Å². The average Bonchev–Trinajstić information content (AvgIpc) is 2.72. The van der Waals surface area contributed by atoms with Crippen molar-refractivity contribution in [2.45, 2.75) is 26.0 Å². The Kier molecular flexibility index (Phi) is 4.16. The van der Waals surface area contributed by atoms with Crippen molar-refractivity contribution in [1.82, 2.24) is 4.90 Å². The molecule has 0 radical (unpaired) electrons. The molecule has 1 aromatic heterocycles. The molecule has 0 bridgehead atoms. The Bertz CT molecular complexity index is 654. The molecule has 1 atom stereocenters. The van der Waals surface area contributed by atoms with Crippen LogP contribution in [-0.4, -0.2) is 18.5 Å². The number of fused-ring (bicyclic) bond motifs is 1. The van der Waals surface area contributed by atoms with Crippen LogP contribution in [0.25, 0.3) is 0 Å². The monoisotopic (exact) mass is 325 g/mol. The van der Waals surface area contributed by atoms with Gasteiger partial charge in [-0.25, -0.2) is 0 Å². The Hall–Kier alpha value is -1.16. The highest BCUT2D eigenvalue weighted by Crippen LogP contribution is 2.34. The summed E-state index contributed by atoms with van der Waals surface area (Å²) in [5, 5.41) is 1.04. The number of rotatable bonds is 2. The average molecular weight is 326 g/mol.